The summed E-state index contributed by atoms with van der Waals surface area (Å²) in [6.45, 7) is 1.20. The molecule has 6 heteroatoms. The summed E-state index contributed by atoms with van der Waals surface area (Å²) in [5.41, 5.74) is -0.257. The topological polar surface area (TPSA) is 60.2 Å². The van der Waals surface area contributed by atoms with Crippen molar-refractivity contribution in [1.29, 1.82) is 0 Å². The number of rotatable bonds is 2. The van der Waals surface area contributed by atoms with E-state index in [1.54, 1.807) is 0 Å². The van der Waals surface area contributed by atoms with Crippen LogP contribution in [0.25, 0.3) is 0 Å². The Balaban J connectivity index is 3.26. The Hall–Kier alpha value is -1.01. The van der Waals surface area contributed by atoms with Crippen LogP contribution in [0.3, 0.4) is 0 Å². The summed E-state index contributed by atoms with van der Waals surface area (Å²) in [7, 11) is -3.90. The number of primary sulfonamides is 1. The van der Waals surface area contributed by atoms with Gasteiger partial charge in [-0.1, -0.05) is 0 Å². The van der Waals surface area contributed by atoms with Crippen LogP contribution in [0, 0.1) is 11.6 Å². The van der Waals surface area contributed by atoms with Crippen molar-refractivity contribution in [3.8, 4) is 0 Å². The Labute approximate surface area is 80.6 Å². The van der Waals surface area contributed by atoms with Crippen molar-refractivity contribution in [3.05, 3.63) is 35.4 Å². The van der Waals surface area contributed by atoms with Gasteiger partial charge in [-0.2, -0.15) is 0 Å². The molecule has 0 aliphatic rings. The molecule has 0 radical (unpaired) electrons. The van der Waals surface area contributed by atoms with E-state index in [0.717, 1.165) is 18.2 Å². The lowest BCUT2D eigenvalue weighted by Crippen LogP contribution is -2.20. The van der Waals surface area contributed by atoms with Crippen LogP contribution in [-0.2, 0) is 10.0 Å². The Morgan fingerprint density at radius 3 is 2.43 bits per heavy atom. The van der Waals surface area contributed by atoms with Crippen LogP contribution < -0.4 is 5.14 Å². The third-order valence-electron chi connectivity index (χ3n) is 1.89. The third kappa shape index (κ3) is 2.27. The van der Waals surface area contributed by atoms with Crippen LogP contribution in [-0.4, -0.2) is 8.42 Å². The zero-order valence-electron chi connectivity index (χ0n) is 7.37. The number of hydrogen-bond donors (Lipinski definition) is 1. The summed E-state index contributed by atoms with van der Waals surface area (Å²) in [6, 6.07) is 2.60. The standard InChI is InChI=1S/C8H9F2NO2S/c1-5(14(11,12)13)7-4-6(9)2-3-8(7)10/h2-5H,1H3,(H2,11,12,13). The lowest BCUT2D eigenvalue weighted by atomic mass is 10.1. The summed E-state index contributed by atoms with van der Waals surface area (Å²) < 4.78 is 47.5. The average molecular weight is 221 g/mol. The fraction of sp³-hybridized carbons (Fsp3) is 0.250. The minimum absolute atomic E-state index is 0.257. The SMILES string of the molecule is CC(c1cc(F)ccc1F)S(N)(=O)=O. The molecular weight excluding hydrogens is 212 g/mol. The Morgan fingerprint density at radius 2 is 1.93 bits per heavy atom. The quantitative estimate of drug-likeness (QED) is 0.818. The maximum atomic E-state index is 13.1. The maximum Gasteiger partial charge on any atom is 0.215 e. The fourth-order valence-corrected chi connectivity index (χ4v) is 1.54. The molecule has 0 amide bonds. The first-order chi connectivity index (χ1) is 6.32. The maximum absolute atomic E-state index is 13.1. The lowest BCUT2D eigenvalue weighted by Gasteiger charge is -2.10. The molecule has 14 heavy (non-hydrogen) atoms. The summed E-state index contributed by atoms with van der Waals surface area (Å²) in [5, 5.41) is 3.56. The fourth-order valence-electron chi connectivity index (χ4n) is 1.00. The molecule has 1 aromatic rings. The van der Waals surface area contributed by atoms with Crippen molar-refractivity contribution in [3.63, 3.8) is 0 Å². The Bertz CT molecular complexity index is 445. The monoisotopic (exact) mass is 221 g/mol. The minimum Gasteiger partial charge on any atom is -0.228 e. The van der Waals surface area contributed by atoms with Gasteiger partial charge in [0.2, 0.25) is 10.0 Å². The highest BCUT2D eigenvalue weighted by atomic mass is 32.2. The predicted octanol–water partition coefficient (Wildman–Crippen LogP) is 1.31. The molecule has 78 valence electrons. The molecule has 0 aromatic heterocycles. The van der Waals surface area contributed by atoms with Crippen molar-refractivity contribution in [1.82, 2.24) is 0 Å². The van der Waals surface area contributed by atoms with Gasteiger partial charge in [0.1, 0.15) is 16.9 Å². The second kappa shape index (κ2) is 3.62. The molecule has 1 rings (SSSR count). The number of hydrogen-bond acceptors (Lipinski definition) is 2. The van der Waals surface area contributed by atoms with Gasteiger partial charge in [-0.05, 0) is 25.1 Å². The van der Waals surface area contributed by atoms with E-state index in [1.807, 2.05) is 0 Å². The van der Waals surface area contributed by atoms with Gasteiger partial charge in [-0.15, -0.1) is 0 Å². The predicted molar refractivity (Wildman–Crippen MR) is 47.9 cm³/mol. The summed E-state index contributed by atoms with van der Waals surface area (Å²) in [5.74, 6) is -1.48. The van der Waals surface area contributed by atoms with Crippen molar-refractivity contribution < 1.29 is 17.2 Å². The van der Waals surface area contributed by atoms with Crippen molar-refractivity contribution in [2.75, 3.05) is 0 Å². The van der Waals surface area contributed by atoms with Gasteiger partial charge in [0.25, 0.3) is 0 Å². The zero-order chi connectivity index (χ0) is 10.9. The van der Waals surface area contributed by atoms with Crippen molar-refractivity contribution in [2.24, 2.45) is 5.14 Å². The smallest absolute Gasteiger partial charge is 0.215 e. The van der Waals surface area contributed by atoms with Crippen LogP contribution in [0.4, 0.5) is 8.78 Å². The average Bonchev–Trinajstić information content (AvgIpc) is 2.06. The molecule has 0 spiro atoms. The summed E-state index contributed by atoms with van der Waals surface area (Å²) in [6.07, 6.45) is 0. The first kappa shape index (κ1) is 11.1. The van der Waals surface area contributed by atoms with E-state index < -0.39 is 26.9 Å². The molecule has 2 N–H and O–H groups in total. The van der Waals surface area contributed by atoms with Crippen molar-refractivity contribution in [2.45, 2.75) is 12.2 Å². The normalized spacial score (nSPS) is 14.0. The van der Waals surface area contributed by atoms with Gasteiger partial charge in [-0.3, -0.25) is 0 Å². The molecular formula is C8H9F2NO2S. The van der Waals surface area contributed by atoms with E-state index in [0.29, 0.717) is 0 Å². The zero-order valence-corrected chi connectivity index (χ0v) is 8.18. The van der Waals surface area contributed by atoms with Crippen molar-refractivity contribution >= 4 is 10.0 Å². The molecule has 0 fully saturated rings. The number of halogens is 2. The molecule has 1 atom stereocenters. The van der Waals surface area contributed by atoms with Gasteiger partial charge in [0.05, 0.1) is 0 Å². The molecule has 0 aliphatic carbocycles. The summed E-state index contributed by atoms with van der Waals surface area (Å²) >= 11 is 0. The van der Waals surface area contributed by atoms with Gasteiger partial charge < -0.3 is 0 Å². The van der Waals surface area contributed by atoms with Crippen LogP contribution >= 0.6 is 0 Å². The largest absolute Gasteiger partial charge is 0.228 e. The van der Waals surface area contributed by atoms with Gasteiger partial charge >= 0.3 is 0 Å². The second-order valence-electron chi connectivity index (χ2n) is 2.90. The molecule has 0 saturated carbocycles. The number of nitrogens with two attached hydrogens (primary N) is 1. The molecule has 0 heterocycles. The summed E-state index contributed by atoms with van der Waals surface area (Å²) in [4.78, 5) is 0. The first-order valence-corrected chi connectivity index (χ1v) is 5.40. The van der Waals surface area contributed by atoms with E-state index in [1.165, 1.54) is 6.92 Å². The van der Waals surface area contributed by atoms with Crippen LogP contribution in [0.2, 0.25) is 0 Å². The minimum atomic E-state index is -3.90. The second-order valence-corrected chi connectivity index (χ2v) is 4.78. The van der Waals surface area contributed by atoms with E-state index >= 15 is 0 Å². The van der Waals surface area contributed by atoms with E-state index in [2.05, 4.69) is 0 Å². The highest BCUT2D eigenvalue weighted by Crippen LogP contribution is 2.22. The van der Waals surface area contributed by atoms with Crippen LogP contribution in [0.5, 0.6) is 0 Å². The van der Waals surface area contributed by atoms with Gasteiger partial charge in [0, 0.05) is 5.56 Å². The molecule has 0 aliphatic heterocycles. The van der Waals surface area contributed by atoms with Crippen LogP contribution in [0.1, 0.15) is 17.7 Å². The van der Waals surface area contributed by atoms with E-state index in [4.69, 9.17) is 5.14 Å². The number of benzene rings is 1. The Morgan fingerprint density at radius 1 is 1.36 bits per heavy atom. The van der Waals surface area contributed by atoms with E-state index in [9.17, 15) is 17.2 Å². The van der Waals surface area contributed by atoms with Gasteiger partial charge in [0.15, 0.2) is 0 Å². The highest BCUT2D eigenvalue weighted by Gasteiger charge is 2.21. The molecule has 0 saturated heterocycles. The molecule has 3 nitrogen and oxygen atoms in total. The van der Waals surface area contributed by atoms with Gasteiger partial charge in [-0.25, -0.2) is 22.3 Å². The Kier molecular flexibility index (Phi) is 2.86. The third-order valence-corrected chi connectivity index (χ3v) is 3.13. The lowest BCUT2D eigenvalue weighted by molar-refractivity contribution is 0.566. The molecule has 1 unspecified atom stereocenters. The highest BCUT2D eigenvalue weighted by molar-refractivity contribution is 7.89. The molecule has 1 aromatic carbocycles. The molecule has 0 bridgehead atoms. The number of sulfonamides is 1. The first-order valence-electron chi connectivity index (χ1n) is 3.79. The van der Waals surface area contributed by atoms with Crippen LogP contribution in [0.15, 0.2) is 18.2 Å². The van der Waals surface area contributed by atoms with E-state index in [-0.39, 0.29) is 5.56 Å².